The lowest BCUT2D eigenvalue weighted by Crippen LogP contribution is -3.10. The van der Waals surface area contributed by atoms with Crippen LogP contribution in [0.25, 0.3) is 0 Å². The number of nitrogens with one attached hydrogen (secondary N) is 1. The second kappa shape index (κ2) is 19.7. The lowest BCUT2D eigenvalue weighted by Gasteiger charge is -2.35. The van der Waals surface area contributed by atoms with Crippen molar-refractivity contribution < 1.29 is 19.8 Å². The van der Waals surface area contributed by atoms with Crippen molar-refractivity contribution in [2.24, 2.45) is 0 Å². The third-order valence-electron chi connectivity index (χ3n) is 7.24. The number of amides is 1. The Morgan fingerprint density at radius 1 is 0.921 bits per heavy atom. The minimum absolute atomic E-state index is 0.209. The average Bonchev–Trinajstić information content (AvgIpc) is 2.93. The van der Waals surface area contributed by atoms with Crippen molar-refractivity contribution in [2.75, 3.05) is 50.8 Å². The van der Waals surface area contributed by atoms with E-state index >= 15 is 0 Å². The number of hydrogen-bond donors (Lipinski definition) is 1. The van der Waals surface area contributed by atoms with Gasteiger partial charge in [0.15, 0.2) is 0 Å². The van der Waals surface area contributed by atoms with E-state index in [0.717, 1.165) is 77.1 Å². The van der Waals surface area contributed by atoms with Gasteiger partial charge in [0.2, 0.25) is 0 Å². The number of hydroxylamine groups is 2. The predicted molar refractivity (Wildman–Crippen MR) is 150 cm³/mol. The van der Waals surface area contributed by atoms with Crippen molar-refractivity contribution in [3.63, 3.8) is 0 Å². The third-order valence-corrected chi connectivity index (χ3v) is 7.24. The molecule has 0 bridgehead atoms. The molecule has 1 aromatic rings. The summed E-state index contributed by atoms with van der Waals surface area (Å²) in [7, 11) is 0. The average molecular weight is 536 g/mol. The first-order valence-corrected chi connectivity index (χ1v) is 14.8. The maximum Gasteiger partial charge on any atom is 0.345 e. The van der Waals surface area contributed by atoms with Gasteiger partial charge in [-0.2, -0.15) is 0 Å². The second-order valence-electron chi connectivity index (χ2n) is 10.4. The fraction of sp³-hybridized carbons (Fsp3) is 0.786. The van der Waals surface area contributed by atoms with Gasteiger partial charge in [0, 0.05) is 32.4 Å². The molecule has 1 amide bonds. The molecule has 1 aliphatic rings. The van der Waals surface area contributed by atoms with Crippen molar-refractivity contribution in [3.8, 4) is 0 Å². The van der Waals surface area contributed by atoms with Gasteiger partial charge in [0.1, 0.15) is 5.82 Å². The molecule has 1 saturated heterocycles. The number of carbonyl (C=O) groups excluding carboxylic acids is 1. The van der Waals surface area contributed by atoms with Crippen molar-refractivity contribution in [2.45, 2.75) is 96.8 Å². The molecule has 0 aliphatic carbocycles. The van der Waals surface area contributed by atoms with Crippen LogP contribution in [0.15, 0.2) is 18.3 Å². The summed E-state index contributed by atoms with van der Waals surface area (Å²) in [5.41, 5.74) is 0.396. The summed E-state index contributed by atoms with van der Waals surface area (Å²) in [5.74, 6) is 0.463. The molecule has 2 heterocycles. The molecule has 38 heavy (non-hydrogen) atoms. The van der Waals surface area contributed by atoms with Gasteiger partial charge >= 0.3 is 5.91 Å². The van der Waals surface area contributed by atoms with Crippen LogP contribution in [0.4, 0.5) is 5.82 Å². The largest absolute Gasteiger partial charge is 0.626 e. The first-order chi connectivity index (χ1) is 18.5. The number of piperazine rings is 1. The second-order valence-corrected chi connectivity index (χ2v) is 10.4. The lowest BCUT2D eigenvalue weighted by molar-refractivity contribution is -0.757. The van der Waals surface area contributed by atoms with E-state index in [-0.39, 0.29) is 11.7 Å². The van der Waals surface area contributed by atoms with Gasteiger partial charge in [-0.1, -0.05) is 71.1 Å². The SMILES string of the molecule is CCCN1CCN(c2ccc(C(=O)[NH+]([O-])CCCCCCCCCCCCCCCO[N+](=O)[O-])cn2)CC1. The van der Waals surface area contributed by atoms with Crippen LogP contribution in [-0.2, 0) is 4.84 Å². The number of hydrogen-bond acceptors (Lipinski definition) is 8. The zero-order valence-electron chi connectivity index (χ0n) is 23.4. The molecule has 1 aromatic heterocycles. The number of carbonyl (C=O) groups is 1. The molecule has 1 atom stereocenters. The molecule has 0 saturated carbocycles. The summed E-state index contributed by atoms with van der Waals surface area (Å²) in [5, 5.41) is 21.4. The molecule has 1 fully saturated rings. The molecule has 10 heteroatoms. The van der Waals surface area contributed by atoms with Crippen LogP contribution in [0, 0.1) is 15.3 Å². The zero-order chi connectivity index (χ0) is 27.4. The summed E-state index contributed by atoms with van der Waals surface area (Å²) >= 11 is 0. The Hall–Kier alpha value is -2.30. The zero-order valence-corrected chi connectivity index (χ0v) is 23.4. The quantitative estimate of drug-likeness (QED) is 0.140. The number of anilines is 1. The molecule has 0 spiro atoms. The van der Waals surface area contributed by atoms with Crippen molar-refractivity contribution in [1.29, 1.82) is 0 Å². The van der Waals surface area contributed by atoms with E-state index in [1.807, 2.05) is 6.07 Å². The predicted octanol–water partition coefficient (Wildman–Crippen LogP) is 4.42. The van der Waals surface area contributed by atoms with E-state index in [1.165, 1.54) is 51.4 Å². The van der Waals surface area contributed by atoms with Gasteiger partial charge in [0.05, 0.1) is 18.7 Å². The van der Waals surface area contributed by atoms with E-state index in [1.54, 1.807) is 12.3 Å². The summed E-state index contributed by atoms with van der Waals surface area (Å²) in [6.07, 6.45) is 17.0. The van der Waals surface area contributed by atoms with E-state index in [9.17, 15) is 20.1 Å². The normalized spacial score (nSPS) is 14.9. The number of rotatable bonds is 21. The van der Waals surface area contributed by atoms with E-state index < -0.39 is 11.0 Å². The molecule has 0 aromatic carbocycles. The van der Waals surface area contributed by atoms with Gasteiger partial charge in [-0.25, -0.2) is 9.78 Å². The van der Waals surface area contributed by atoms with Crippen molar-refractivity contribution >= 4 is 11.7 Å². The minimum Gasteiger partial charge on any atom is -0.626 e. The molecular formula is C28H49N5O5. The summed E-state index contributed by atoms with van der Waals surface area (Å²) in [4.78, 5) is 36.0. The molecule has 2 rings (SSSR count). The van der Waals surface area contributed by atoms with Gasteiger partial charge in [-0.15, -0.1) is 10.1 Å². The van der Waals surface area contributed by atoms with Crippen LogP contribution in [0.3, 0.4) is 0 Å². The highest BCUT2D eigenvalue weighted by atomic mass is 16.9. The van der Waals surface area contributed by atoms with Crippen LogP contribution in [-0.4, -0.2) is 66.8 Å². The maximum absolute atomic E-state index is 12.5. The first-order valence-electron chi connectivity index (χ1n) is 14.8. The molecule has 216 valence electrons. The van der Waals surface area contributed by atoms with Gasteiger partial charge in [-0.3, -0.25) is 4.90 Å². The van der Waals surface area contributed by atoms with E-state index in [0.29, 0.717) is 12.1 Å². The highest BCUT2D eigenvalue weighted by Crippen LogP contribution is 2.15. The van der Waals surface area contributed by atoms with Gasteiger partial charge < -0.3 is 20.0 Å². The number of nitrogens with zero attached hydrogens (tertiary/aromatic N) is 4. The van der Waals surface area contributed by atoms with Crippen LogP contribution in [0.2, 0.25) is 0 Å². The highest BCUT2D eigenvalue weighted by Gasteiger charge is 2.19. The number of unbranched alkanes of at least 4 members (excludes halogenated alkanes) is 12. The Morgan fingerprint density at radius 2 is 1.47 bits per heavy atom. The molecule has 1 unspecified atom stereocenters. The number of quaternary nitrogens is 1. The van der Waals surface area contributed by atoms with E-state index in [2.05, 4.69) is 26.5 Å². The van der Waals surface area contributed by atoms with Gasteiger partial charge in [-0.05, 0) is 44.4 Å². The fourth-order valence-electron chi connectivity index (χ4n) is 4.97. The van der Waals surface area contributed by atoms with Crippen molar-refractivity contribution in [3.05, 3.63) is 39.2 Å². The molecule has 10 nitrogen and oxygen atoms in total. The molecular weight excluding hydrogens is 486 g/mol. The molecule has 0 radical (unpaired) electrons. The van der Waals surface area contributed by atoms with E-state index in [4.69, 9.17) is 0 Å². The lowest BCUT2D eigenvalue weighted by atomic mass is 10.0. The summed E-state index contributed by atoms with van der Waals surface area (Å²) < 4.78 is 0. The van der Waals surface area contributed by atoms with Crippen LogP contribution < -0.4 is 9.96 Å². The topological polar surface area (TPSA) is 116 Å². The Kier molecular flexibility index (Phi) is 16.6. The smallest absolute Gasteiger partial charge is 0.345 e. The molecule has 1 aliphatic heterocycles. The van der Waals surface area contributed by atoms with Crippen LogP contribution in [0.5, 0.6) is 0 Å². The van der Waals surface area contributed by atoms with Crippen LogP contribution in [0.1, 0.15) is 107 Å². The van der Waals surface area contributed by atoms with Gasteiger partial charge in [0.25, 0.3) is 5.09 Å². The Balaban J connectivity index is 1.44. The minimum atomic E-state index is -0.727. The van der Waals surface area contributed by atoms with Crippen LogP contribution >= 0.6 is 0 Å². The third kappa shape index (κ3) is 13.5. The Bertz CT molecular complexity index is 771. The number of aromatic nitrogens is 1. The van der Waals surface area contributed by atoms with Crippen molar-refractivity contribution in [1.82, 2.24) is 9.88 Å². The monoisotopic (exact) mass is 535 g/mol. The highest BCUT2D eigenvalue weighted by molar-refractivity contribution is 5.87. The Labute approximate surface area is 228 Å². The maximum atomic E-state index is 12.5. The first kappa shape index (κ1) is 31.9. The fourth-order valence-corrected chi connectivity index (χ4v) is 4.97. The Morgan fingerprint density at radius 3 is 1.97 bits per heavy atom. The number of pyridine rings is 1. The standard InChI is InChI=1S/C28H49N5O5/c1-2-18-30-20-22-31(23-21-30)27-17-16-26(25-29-27)28(34)32(35)19-14-12-10-8-6-4-3-5-7-9-11-13-15-24-38-33(36)37/h16-17,25,32H,2-15,18-24H2,1H3. The summed E-state index contributed by atoms with van der Waals surface area (Å²) in [6, 6.07) is 3.61. The summed E-state index contributed by atoms with van der Waals surface area (Å²) in [6.45, 7) is 7.80. The molecule has 1 N–H and O–H groups in total.